The van der Waals surface area contributed by atoms with E-state index in [0.29, 0.717) is 21.9 Å². The Morgan fingerprint density at radius 2 is 2.05 bits per heavy atom. The van der Waals surface area contributed by atoms with Crippen LogP contribution in [0.3, 0.4) is 0 Å². The molecule has 0 spiro atoms. The molecule has 2 N–H and O–H groups in total. The van der Waals surface area contributed by atoms with Gasteiger partial charge >= 0.3 is 0 Å². The lowest BCUT2D eigenvalue weighted by Gasteiger charge is -2.12. The summed E-state index contributed by atoms with van der Waals surface area (Å²) in [5.74, 6) is 1.30. The highest BCUT2D eigenvalue weighted by molar-refractivity contribution is 9.10. The van der Waals surface area contributed by atoms with Gasteiger partial charge in [0, 0.05) is 12.6 Å². The average Bonchev–Trinajstić information content (AvgIpc) is 2.45. The summed E-state index contributed by atoms with van der Waals surface area (Å²) in [4.78, 5) is 8.20. The Hall–Kier alpha value is -1.89. The number of hydrogen-bond donors (Lipinski definition) is 2. The fourth-order valence-electron chi connectivity index (χ4n) is 1.60. The first-order chi connectivity index (χ1) is 9.65. The Balaban J connectivity index is 2.32. The van der Waals surface area contributed by atoms with Gasteiger partial charge in [0.25, 0.3) is 0 Å². The van der Waals surface area contributed by atoms with Gasteiger partial charge in [0.1, 0.15) is 34.0 Å². The van der Waals surface area contributed by atoms with Crippen LogP contribution in [-0.4, -0.2) is 23.6 Å². The van der Waals surface area contributed by atoms with Crippen molar-refractivity contribution in [1.82, 2.24) is 9.97 Å². The molecular weight excluding hydrogens is 327 g/mol. The number of methoxy groups -OCH3 is 1. The van der Waals surface area contributed by atoms with Crippen molar-refractivity contribution in [3.8, 4) is 5.75 Å². The van der Waals surface area contributed by atoms with Crippen molar-refractivity contribution in [3.63, 3.8) is 0 Å². The quantitative estimate of drug-likeness (QED) is 0.871. The minimum atomic E-state index is -0.388. The molecule has 2 aromatic rings. The van der Waals surface area contributed by atoms with Crippen LogP contribution in [0.5, 0.6) is 5.75 Å². The smallest absolute Gasteiger partial charge is 0.150 e. The zero-order chi connectivity index (χ0) is 14.5. The van der Waals surface area contributed by atoms with Gasteiger partial charge in [-0.1, -0.05) is 0 Å². The summed E-state index contributed by atoms with van der Waals surface area (Å²) in [6.07, 6.45) is 1.41. The molecule has 1 aromatic heterocycles. The van der Waals surface area contributed by atoms with Gasteiger partial charge in [0.05, 0.1) is 12.8 Å². The predicted molar refractivity (Wildman–Crippen MR) is 80.1 cm³/mol. The highest BCUT2D eigenvalue weighted by Crippen LogP contribution is 2.31. The Morgan fingerprint density at radius 3 is 2.75 bits per heavy atom. The summed E-state index contributed by atoms with van der Waals surface area (Å²) in [5.41, 5.74) is 0.284. The maximum Gasteiger partial charge on any atom is 0.150 e. The Morgan fingerprint density at radius 1 is 1.30 bits per heavy atom. The third kappa shape index (κ3) is 3.16. The lowest BCUT2D eigenvalue weighted by Crippen LogP contribution is -2.04. The van der Waals surface area contributed by atoms with Gasteiger partial charge in [-0.2, -0.15) is 0 Å². The molecule has 0 bridgehead atoms. The van der Waals surface area contributed by atoms with E-state index >= 15 is 0 Å². The second-order valence-electron chi connectivity index (χ2n) is 3.89. The summed E-state index contributed by atoms with van der Waals surface area (Å²) in [6.45, 7) is 2.69. The molecule has 0 aliphatic rings. The zero-order valence-electron chi connectivity index (χ0n) is 11.1. The lowest BCUT2D eigenvalue weighted by atomic mass is 10.3. The van der Waals surface area contributed by atoms with Crippen LogP contribution in [0.25, 0.3) is 0 Å². The molecule has 0 atom stereocenters. The van der Waals surface area contributed by atoms with Crippen LogP contribution in [-0.2, 0) is 0 Å². The molecule has 0 saturated heterocycles. The monoisotopic (exact) mass is 340 g/mol. The van der Waals surface area contributed by atoms with E-state index in [4.69, 9.17) is 4.74 Å². The topological polar surface area (TPSA) is 59.1 Å². The molecular formula is C13H14BrFN4O. The second kappa shape index (κ2) is 6.51. The van der Waals surface area contributed by atoms with E-state index in [1.807, 2.05) is 6.92 Å². The van der Waals surface area contributed by atoms with Crippen LogP contribution in [0.15, 0.2) is 29.0 Å². The first-order valence-corrected chi connectivity index (χ1v) is 6.80. The van der Waals surface area contributed by atoms with Gasteiger partial charge in [-0.15, -0.1) is 0 Å². The van der Waals surface area contributed by atoms with Crippen molar-refractivity contribution < 1.29 is 9.13 Å². The van der Waals surface area contributed by atoms with Crippen LogP contribution in [0.2, 0.25) is 0 Å². The van der Waals surface area contributed by atoms with Crippen LogP contribution in [0.1, 0.15) is 6.92 Å². The van der Waals surface area contributed by atoms with Crippen LogP contribution < -0.4 is 15.4 Å². The maximum absolute atomic E-state index is 13.8. The summed E-state index contributed by atoms with van der Waals surface area (Å²) >= 11 is 3.40. The molecule has 0 fully saturated rings. The summed E-state index contributed by atoms with van der Waals surface area (Å²) in [5, 5.41) is 6.00. The SMILES string of the molecule is CCNc1ncnc(Nc2cc(OC)ccc2F)c1Br. The van der Waals surface area contributed by atoms with Gasteiger partial charge in [-0.05, 0) is 35.0 Å². The van der Waals surface area contributed by atoms with Crippen molar-refractivity contribution in [2.24, 2.45) is 0 Å². The normalized spacial score (nSPS) is 10.2. The summed E-state index contributed by atoms with van der Waals surface area (Å²) < 4.78 is 19.5. The van der Waals surface area contributed by atoms with Gasteiger partial charge < -0.3 is 15.4 Å². The largest absolute Gasteiger partial charge is 0.497 e. The molecule has 0 aliphatic heterocycles. The average molecular weight is 341 g/mol. The molecule has 1 heterocycles. The number of ether oxygens (including phenoxy) is 1. The number of nitrogens with zero attached hydrogens (tertiary/aromatic N) is 2. The van der Waals surface area contributed by atoms with E-state index in [-0.39, 0.29) is 11.5 Å². The number of nitrogens with one attached hydrogen (secondary N) is 2. The molecule has 5 nitrogen and oxygen atoms in total. The Labute approximate surface area is 124 Å². The Bertz CT molecular complexity index is 609. The fraction of sp³-hybridized carbons (Fsp3) is 0.231. The van der Waals surface area contributed by atoms with E-state index in [0.717, 1.165) is 6.54 Å². The molecule has 20 heavy (non-hydrogen) atoms. The molecule has 0 saturated carbocycles. The summed E-state index contributed by atoms with van der Waals surface area (Å²) in [7, 11) is 1.53. The number of halogens is 2. The van der Waals surface area contributed by atoms with Crippen molar-refractivity contribution in [2.75, 3.05) is 24.3 Å². The first kappa shape index (κ1) is 14.5. The van der Waals surface area contributed by atoms with E-state index in [1.54, 1.807) is 12.1 Å². The van der Waals surface area contributed by atoms with Crippen molar-refractivity contribution in [1.29, 1.82) is 0 Å². The minimum absolute atomic E-state index is 0.284. The van der Waals surface area contributed by atoms with E-state index in [2.05, 4.69) is 36.5 Å². The molecule has 2 rings (SSSR count). The zero-order valence-corrected chi connectivity index (χ0v) is 12.7. The van der Waals surface area contributed by atoms with E-state index in [9.17, 15) is 4.39 Å². The third-order valence-electron chi connectivity index (χ3n) is 2.56. The van der Waals surface area contributed by atoms with Crippen molar-refractivity contribution in [3.05, 3.63) is 34.8 Å². The molecule has 7 heteroatoms. The fourth-order valence-corrected chi connectivity index (χ4v) is 2.05. The molecule has 0 aliphatic carbocycles. The number of benzene rings is 1. The van der Waals surface area contributed by atoms with Gasteiger partial charge in [-0.3, -0.25) is 0 Å². The highest BCUT2D eigenvalue weighted by atomic mass is 79.9. The van der Waals surface area contributed by atoms with Crippen molar-refractivity contribution >= 4 is 33.3 Å². The lowest BCUT2D eigenvalue weighted by molar-refractivity contribution is 0.414. The van der Waals surface area contributed by atoms with Crippen LogP contribution in [0.4, 0.5) is 21.7 Å². The van der Waals surface area contributed by atoms with E-state index < -0.39 is 0 Å². The predicted octanol–water partition coefficient (Wildman–Crippen LogP) is 3.56. The maximum atomic E-state index is 13.8. The molecule has 106 valence electrons. The van der Waals surface area contributed by atoms with Crippen LogP contribution >= 0.6 is 15.9 Å². The third-order valence-corrected chi connectivity index (χ3v) is 3.31. The van der Waals surface area contributed by atoms with Crippen molar-refractivity contribution in [2.45, 2.75) is 6.92 Å². The number of hydrogen-bond acceptors (Lipinski definition) is 5. The first-order valence-electron chi connectivity index (χ1n) is 6.00. The molecule has 0 radical (unpaired) electrons. The summed E-state index contributed by atoms with van der Waals surface area (Å²) in [6, 6.07) is 4.46. The molecule has 1 aromatic carbocycles. The number of rotatable bonds is 5. The minimum Gasteiger partial charge on any atom is -0.497 e. The Kier molecular flexibility index (Phi) is 4.73. The number of anilines is 3. The standard InChI is InChI=1S/C13H14BrFN4O/c1-3-16-12-11(14)13(18-7-17-12)19-10-6-8(20-2)4-5-9(10)15/h4-7H,3H2,1-2H3,(H2,16,17,18,19). The van der Waals surface area contributed by atoms with Gasteiger partial charge in [0.2, 0.25) is 0 Å². The van der Waals surface area contributed by atoms with Crippen LogP contribution in [0, 0.1) is 5.82 Å². The molecule has 0 unspecified atom stereocenters. The van der Waals surface area contributed by atoms with Gasteiger partial charge in [0.15, 0.2) is 0 Å². The number of aromatic nitrogens is 2. The van der Waals surface area contributed by atoms with E-state index in [1.165, 1.54) is 19.5 Å². The second-order valence-corrected chi connectivity index (χ2v) is 4.68. The highest BCUT2D eigenvalue weighted by Gasteiger charge is 2.11. The van der Waals surface area contributed by atoms with Gasteiger partial charge in [-0.25, -0.2) is 14.4 Å². The molecule has 0 amide bonds.